The average Bonchev–Trinajstić information content (AvgIpc) is 3.05. The van der Waals surface area contributed by atoms with Crippen molar-refractivity contribution in [3.05, 3.63) is 105 Å². The Morgan fingerprint density at radius 3 is 2.13 bits per heavy atom. The number of rotatable bonds is 4. The Labute approximate surface area is 188 Å². The lowest BCUT2D eigenvalue weighted by Gasteiger charge is -2.15. The molecule has 0 radical (unpaired) electrons. The van der Waals surface area contributed by atoms with Gasteiger partial charge >= 0.3 is 5.91 Å². The maximum Gasteiger partial charge on any atom is 0.304 e. The summed E-state index contributed by atoms with van der Waals surface area (Å²) in [7, 11) is 0. The number of hydrazine groups is 1. The van der Waals surface area contributed by atoms with Crippen LogP contribution in [0, 0.1) is 5.82 Å². The van der Waals surface area contributed by atoms with Crippen LogP contribution in [0.5, 0.6) is 0 Å². The molecular formula is C23H17Cl2FN3O2+. The number of benzene rings is 3. The summed E-state index contributed by atoms with van der Waals surface area (Å²) in [6.45, 7) is 0. The van der Waals surface area contributed by atoms with E-state index in [1.165, 1.54) is 12.1 Å². The van der Waals surface area contributed by atoms with Crippen molar-refractivity contribution in [3.8, 4) is 0 Å². The number of carbonyl (C=O) groups excluding carboxylic acids is 2. The molecule has 0 spiro atoms. The first kappa shape index (κ1) is 21.0. The SMILES string of the molecule is O=C(N[C@H]1C(=O)N/[N+](=C\c2ccc(F)cc2)[C@H]1c1ccc(Cl)cc1)c1ccc(Cl)cc1. The highest BCUT2D eigenvalue weighted by Crippen LogP contribution is 2.27. The third kappa shape index (κ3) is 4.76. The molecule has 2 amide bonds. The fourth-order valence-electron chi connectivity index (χ4n) is 3.38. The van der Waals surface area contributed by atoms with Crippen LogP contribution in [0.2, 0.25) is 10.0 Å². The molecule has 1 aliphatic rings. The smallest absolute Gasteiger partial charge is 0.304 e. The molecule has 5 nitrogen and oxygen atoms in total. The molecule has 2 atom stereocenters. The topological polar surface area (TPSA) is 61.2 Å². The molecule has 1 fully saturated rings. The molecule has 3 aromatic carbocycles. The number of hydrogen-bond acceptors (Lipinski definition) is 2. The van der Waals surface area contributed by atoms with Crippen molar-refractivity contribution in [1.82, 2.24) is 10.7 Å². The van der Waals surface area contributed by atoms with Crippen molar-refractivity contribution >= 4 is 41.2 Å². The summed E-state index contributed by atoms with van der Waals surface area (Å²) >= 11 is 11.9. The summed E-state index contributed by atoms with van der Waals surface area (Å²) in [5, 5.41) is 3.86. The van der Waals surface area contributed by atoms with Crippen LogP contribution in [-0.4, -0.2) is 28.8 Å². The van der Waals surface area contributed by atoms with Gasteiger partial charge in [-0.1, -0.05) is 35.3 Å². The molecule has 0 unspecified atom stereocenters. The van der Waals surface area contributed by atoms with Gasteiger partial charge < -0.3 is 5.32 Å². The number of nitrogens with zero attached hydrogens (tertiary/aromatic N) is 1. The minimum atomic E-state index is -0.874. The van der Waals surface area contributed by atoms with E-state index in [0.717, 1.165) is 5.56 Å². The van der Waals surface area contributed by atoms with Crippen molar-refractivity contribution in [3.63, 3.8) is 0 Å². The lowest BCUT2D eigenvalue weighted by atomic mass is 10.00. The summed E-state index contributed by atoms with van der Waals surface area (Å²) in [6.07, 6.45) is 1.69. The predicted octanol–water partition coefficient (Wildman–Crippen LogP) is 4.15. The molecule has 1 saturated heterocycles. The van der Waals surface area contributed by atoms with Gasteiger partial charge in [-0.2, -0.15) is 0 Å². The maximum atomic E-state index is 13.3. The zero-order valence-corrected chi connectivity index (χ0v) is 17.6. The number of hydrogen-bond donors (Lipinski definition) is 2. The van der Waals surface area contributed by atoms with E-state index >= 15 is 0 Å². The lowest BCUT2D eigenvalue weighted by molar-refractivity contribution is -0.596. The Hall–Kier alpha value is -3.22. The first-order valence-electron chi connectivity index (χ1n) is 9.42. The zero-order chi connectivity index (χ0) is 22.0. The Balaban J connectivity index is 1.69. The van der Waals surface area contributed by atoms with Crippen LogP contribution in [0.4, 0.5) is 4.39 Å². The second-order valence-corrected chi connectivity index (χ2v) is 7.89. The molecule has 3 aromatic rings. The summed E-state index contributed by atoms with van der Waals surface area (Å²) < 4.78 is 14.9. The molecule has 0 aliphatic carbocycles. The van der Waals surface area contributed by atoms with Crippen LogP contribution in [0.3, 0.4) is 0 Å². The average molecular weight is 457 g/mol. The molecule has 1 heterocycles. The van der Waals surface area contributed by atoms with Gasteiger partial charge in [-0.25, -0.2) is 4.39 Å². The van der Waals surface area contributed by atoms with E-state index in [-0.39, 0.29) is 11.7 Å². The van der Waals surface area contributed by atoms with Crippen LogP contribution in [-0.2, 0) is 4.79 Å². The van der Waals surface area contributed by atoms with Gasteiger partial charge in [0.1, 0.15) is 5.82 Å². The van der Waals surface area contributed by atoms with E-state index in [0.29, 0.717) is 21.2 Å². The second-order valence-electron chi connectivity index (χ2n) is 7.02. The predicted molar refractivity (Wildman–Crippen MR) is 117 cm³/mol. The third-order valence-electron chi connectivity index (χ3n) is 4.90. The highest BCUT2D eigenvalue weighted by molar-refractivity contribution is 6.30. The van der Waals surface area contributed by atoms with Crippen LogP contribution in [0.15, 0.2) is 72.8 Å². The highest BCUT2D eigenvalue weighted by Gasteiger charge is 2.47. The number of halogens is 3. The van der Waals surface area contributed by atoms with E-state index in [1.54, 1.807) is 71.6 Å². The molecule has 0 saturated carbocycles. The highest BCUT2D eigenvalue weighted by atomic mass is 35.5. The molecule has 4 rings (SSSR count). The van der Waals surface area contributed by atoms with E-state index in [1.807, 2.05) is 0 Å². The number of amides is 2. The van der Waals surface area contributed by atoms with Gasteiger partial charge in [0, 0.05) is 26.7 Å². The van der Waals surface area contributed by atoms with Gasteiger partial charge in [0.2, 0.25) is 12.3 Å². The van der Waals surface area contributed by atoms with Crippen LogP contribution < -0.4 is 10.7 Å². The number of nitrogens with one attached hydrogen (secondary N) is 2. The fourth-order valence-corrected chi connectivity index (χ4v) is 3.63. The first-order chi connectivity index (χ1) is 14.9. The van der Waals surface area contributed by atoms with Gasteiger partial charge in [-0.15, -0.1) is 10.1 Å². The minimum Gasteiger partial charge on any atom is -0.334 e. The minimum absolute atomic E-state index is 0.357. The van der Waals surface area contributed by atoms with E-state index in [2.05, 4.69) is 10.7 Å². The Morgan fingerprint density at radius 2 is 1.52 bits per heavy atom. The zero-order valence-electron chi connectivity index (χ0n) is 16.1. The van der Waals surface area contributed by atoms with Crippen molar-refractivity contribution in [2.45, 2.75) is 12.1 Å². The van der Waals surface area contributed by atoms with Gasteiger partial charge in [0.05, 0.1) is 0 Å². The molecule has 0 aromatic heterocycles. The molecule has 0 bridgehead atoms. The molecule has 8 heteroatoms. The van der Waals surface area contributed by atoms with E-state index < -0.39 is 18.0 Å². The second kappa shape index (κ2) is 8.88. The van der Waals surface area contributed by atoms with Crippen molar-refractivity contribution in [2.24, 2.45) is 0 Å². The number of carbonyl (C=O) groups is 2. The van der Waals surface area contributed by atoms with Crippen LogP contribution in [0.25, 0.3) is 0 Å². The van der Waals surface area contributed by atoms with Gasteiger partial charge in [0.15, 0.2) is 6.04 Å². The molecule has 31 heavy (non-hydrogen) atoms. The summed E-state index contributed by atoms with van der Waals surface area (Å²) in [6, 6.07) is 17.8. The summed E-state index contributed by atoms with van der Waals surface area (Å²) in [4.78, 5) is 25.6. The summed E-state index contributed by atoms with van der Waals surface area (Å²) in [5.41, 5.74) is 4.61. The van der Waals surface area contributed by atoms with E-state index in [4.69, 9.17) is 23.2 Å². The number of hydrazone groups is 1. The Kier molecular flexibility index (Phi) is 6.02. The fraction of sp³-hybridized carbons (Fsp3) is 0.0870. The lowest BCUT2D eigenvalue weighted by Crippen LogP contribution is -2.42. The molecule has 2 N–H and O–H groups in total. The Bertz CT molecular complexity index is 1150. The Morgan fingerprint density at radius 1 is 0.935 bits per heavy atom. The van der Waals surface area contributed by atoms with Crippen LogP contribution >= 0.6 is 23.2 Å². The standard InChI is InChI=1S/C23H16Cl2FN3O2/c24-17-7-3-15(4-8-17)21-20(27-22(30)16-5-9-18(25)10-6-16)23(31)28-29(21)13-14-1-11-19(26)12-2-14/h1-13,20-21H,(H-,27,28,30,31)/p+1/b29-13-/t20-,21+/m1/s1. The van der Waals surface area contributed by atoms with Gasteiger partial charge in [-0.3, -0.25) is 9.59 Å². The van der Waals surface area contributed by atoms with Gasteiger partial charge in [0.25, 0.3) is 5.91 Å². The quantitative estimate of drug-likeness (QED) is 0.579. The van der Waals surface area contributed by atoms with E-state index in [9.17, 15) is 14.0 Å². The van der Waals surface area contributed by atoms with Crippen molar-refractivity contribution in [1.29, 1.82) is 0 Å². The normalized spacial score (nSPS) is 19.3. The van der Waals surface area contributed by atoms with Gasteiger partial charge in [-0.05, 0) is 60.7 Å². The van der Waals surface area contributed by atoms with Crippen molar-refractivity contribution < 1.29 is 18.7 Å². The monoisotopic (exact) mass is 456 g/mol. The molecular weight excluding hydrogens is 440 g/mol. The molecule has 156 valence electrons. The first-order valence-corrected chi connectivity index (χ1v) is 10.2. The third-order valence-corrected chi connectivity index (χ3v) is 5.40. The largest absolute Gasteiger partial charge is 0.334 e. The summed E-state index contributed by atoms with van der Waals surface area (Å²) in [5.74, 6) is -1.13. The van der Waals surface area contributed by atoms with Crippen molar-refractivity contribution in [2.75, 3.05) is 0 Å². The van der Waals surface area contributed by atoms with Crippen LogP contribution in [0.1, 0.15) is 27.5 Å². The molecule has 1 aliphatic heterocycles. The maximum absolute atomic E-state index is 13.3.